The first-order valence-electron chi connectivity index (χ1n) is 5.79. The van der Waals surface area contributed by atoms with Gasteiger partial charge in [-0.15, -0.1) is 0 Å². The van der Waals surface area contributed by atoms with Crippen molar-refractivity contribution in [1.82, 2.24) is 0 Å². The zero-order chi connectivity index (χ0) is 14.5. The number of nitrogens with zero attached hydrogens (tertiary/aromatic N) is 1. The maximum Gasteiger partial charge on any atom is 0.203 e. The Bertz CT molecular complexity index is 695. The highest BCUT2D eigenvalue weighted by molar-refractivity contribution is 6.14. The van der Waals surface area contributed by atoms with Gasteiger partial charge in [0.05, 0.1) is 0 Å². The molecule has 0 bridgehead atoms. The first kappa shape index (κ1) is 13.6. The van der Waals surface area contributed by atoms with Crippen LogP contribution in [-0.2, 0) is 0 Å². The third-order valence-corrected chi connectivity index (χ3v) is 2.69. The molecule has 0 saturated heterocycles. The summed E-state index contributed by atoms with van der Waals surface area (Å²) in [7, 11) is 0. The van der Waals surface area contributed by atoms with Gasteiger partial charge in [0.1, 0.15) is 23.3 Å². The molecule has 2 nitrogen and oxygen atoms in total. The lowest BCUT2D eigenvalue weighted by Gasteiger charge is -2.01. The van der Waals surface area contributed by atoms with E-state index in [1.165, 1.54) is 18.2 Å². The molecule has 0 heterocycles. The second kappa shape index (κ2) is 5.89. The van der Waals surface area contributed by atoms with Crippen LogP contribution in [-0.4, -0.2) is 5.78 Å². The predicted molar refractivity (Wildman–Crippen MR) is 70.7 cm³/mol. The average molecular weight is 269 g/mol. The van der Waals surface area contributed by atoms with Crippen LogP contribution < -0.4 is 0 Å². The van der Waals surface area contributed by atoms with Gasteiger partial charge in [-0.25, -0.2) is 8.78 Å². The van der Waals surface area contributed by atoms with E-state index in [1.54, 1.807) is 24.3 Å². The molecule has 0 spiro atoms. The van der Waals surface area contributed by atoms with Gasteiger partial charge in [-0.3, -0.25) is 4.79 Å². The van der Waals surface area contributed by atoms with Crippen molar-refractivity contribution in [3.05, 3.63) is 76.9 Å². The van der Waals surface area contributed by atoms with Gasteiger partial charge in [0.15, 0.2) is 0 Å². The van der Waals surface area contributed by atoms with Gasteiger partial charge in [-0.1, -0.05) is 36.4 Å². The molecule has 98 valence electrons. The predicted octanol–water partition coefficient (Wildman–Crippen LogP) is 3.75. The number of nitriles is 1. The minimum absolute atomic E-state index is 0.289. The van der Waals surface area contributed by atoms with Crippen LogP contribution in [0.25, 0.3) is 6.08 Å². The lowest BCUT2D eigenvalue weighted by atomic mass is 10.0. The minimum atomic E-state index is -0.821. The fourth-order valence-corrected chi connectivity index (χ4v) is 1.69. The number of hydrogen-bond acceptors (Lipinski definition) is 2. The van der Waals surface area contributed by atoms with E-state index in [0.717, 1.165) is 18.2 Å². The quantitative estimate of drug-likeness (QED) is 0.483. The molecule has 0 amide bonds. The summed E-state index contributed by atoms with van der Waals surface area (Å²) in [5.74, 6) is -2.21. The summed E-state index contributed by atoms with van der Waals surface area (Å²) in [5, 5.41) is 9.02. The molecule has 0 radical (unpaired) electrons. The maximum atomic E-state index is 13.5. The van der Waals surface area contributed by atoms with E-state index in [0.29, 0.717) is 0 Å². The third-order valence-electron chi connectivity index (χ3n) is 2.69. The Balaban J connectivity index is 2.46. The zero-order valence-electron chi connectivity index (χ0n) is 10.3. The standard InChI is InChI=1S/C16H9F2NO/c17-14-7-4-8-15(18)13(14)9-12(10-19)16(20)11-5-2-1-3-6-11/h1-9H/b12-9+. The molecule has 20 heavy (non-hydrogen) atoms. The smallest absolute Gasteiger partial charge is 0.203 e. The summed E-state index contributed by atoms with van der Waals surface area (Å²) in [6.45, 7) is 0. The summed E-state index contributed by atoms with van der Waals surface area (Å²) in [4.78, 5) is 12.1. The summed E-state index contributed by atoms with van der Waals surface area (Å²) < 4.78 is 27.0. The molecule has 0 aliphatic carbocycles. The number of halogens is 2. The molecule has 0 N–H and O–H groups in total. The molecular formula is C16H9F2NO. The molecule has 0 aliphatic rings. The van der Waals surface area contributed by atoms with Crippen LogP contribution in [0.5, 0.6) is 0 Å². The van der Waals surface area contributed by atoms with E-state index in [4.69, 9.17) is 5.26 Å². The fraction of sp³-hybridized carbons (Fsp3) is 0. The van der Waals surface area contributed by atoms with E-state index in [-0.39, 0.29) is 11.1 Å². The summed E-state index contributed by atoms with van der Waals surface area (Å²) >= 11 is 0. The molecule has 0 aliphatic heterocycles. The van der Waals surface area contributed by atoms with Gasteiger partial charge in [-0.05, 0) is 18.2 Å². The van der Waals surface area contributed by atoms with E-state index in [2.05, 4.69) is 0 Å². The minimum Gasteiger partial charge on any atom is -0.288 e. The van der Waals surface area contributed by atoms with Gasteiger partial charge in [0, 0.05) is 11.1 Å². The third kappa shape index (κ3) is 2.78. The molecular weight excluding hydrogens is 260 g/mol. The number of Topliss-reactive ketones (excluding diaryl/α,β-unsaturated/α-hetero) is 1. The van der Waals surface area contributed by atoms with Crippen LogP contribution >= 0.6 is 0 Å². The molecule has 0 fully saturated rings. The molecule has 2 aromatic rings. The van der Waals surface area contributed by atoms with Gasteiger partial charge in [-0.2, -0.15) is 5.26 Å². The number of allylic oxidation sites excluding steroid dienone is 1. The van der Waals surface area contributed by atoms with E-state index in [9.17, 15) is 13.6 Å². The fourth-order valence-electron chi connectivity index (χ4n) is 1.69. The highest BCUT2D eigenvalue weighted by atomic mass is 19.1. The number of hydrogen-bond donors (Lipinski definition) is 0. The molecule has 2 rings (SSSR count). The first-order valence-corrected chi connectivity index (χ1v) is 5.79. The number of rotatable bonds is 3. The second-order valence-electron chi connectivity index (χ2n) is 4.00. The SMILES string of the molecule is N#C/C(=C\c1c(F)cccc1F)C(=O)c1ccccc1. The van der Waals surface area contributed by atoms with Crippen molar-refractivity contribution in [3.8, 4) is 6.07 Å². The van der Waals surface area contributed by atoms with Crippen LogP contribution in [0, 0.1) is 23.0 Å². The zero-order valence-corrected chi connectivity index (χ0v) is 10.3. The monoisotopic (exact) mass is 269 g/mol. The number of ketones is 1. The van der Waals surface area contributed by atoms with Gasteiger partial charge < -0.3 is 0 Å². The van der Waals surface area contributed by atoms with Crippen LogP contribution in [0.4, 0.5) is 8.78 Å². The van der Waals surface area contributed by atoms with Crippen molar-refractivity contribution in [1.29, 1.82) is 5.26 Å². The van der Waals surface area contributed by atoms with Gasteiger partial charge in [0.2, 0.25) is 5.78 Å². The summed E-state index contributed by atoms with van der Waals surface area (Å²) in [6, 6.07) is 13.1. The summed E-state index contributed by atoms with van der Waals surface area (Å²) in [5.41, 5.74) is -0.425. The normalized spacial score (nSPS) is 10.9. The highest BCUT2D eigenvalue weighted by Gasteiger charge is 2.14. The van der Waals surface area contributed by atoms with E-state index in [1.807, 2.05) is 0 Å². The Hall–Kier alpha value is -2.80. The van der Waals surface area contributed by atoms with Crippen molar-refractivity contribution in [2.75, 3.05) is 0 Å². The van der Waals surface area contributed by atoms with Gasteiger partial charge in [0.25, 0.3) is 0 Å². The molecule has 0 atom stereocenters. The number of carbonyl (C=O) groups is 1. The average Bonchev–Trinajstić information content (AvgIpc) is 2.47. The number of carbonyl (C=O) groups excluding carboxylic acids is 1. The Morgan fingerprint density at radius 3 is 2.15 bits per heavy atom. The number of benzene rings is 2. The Labute approximate surface area is 114 Å². The Morgan fingerprint density at radius 2 is 1.60 bits per heavy atom. The topological polar surface area (TPSA) is 40.9 Å². The lowest BCUT2D eigenvalue weighted by Crippen LogP contribution is -2.02. The van der Waals surface area contributed by atoms with E-state index < -0.39 is 23.0 Å². The molecule has 0 aromatic heterocycles. The van der Waals surface area contributed by atoms with E-state index >= 15 is 0 Å². The Morgan fingerprint density at radius 1 is 1.00 bits per heavy atom. The molecule has 0 saturated carbocycles. The van der Waals surface area contributed by atoms with Crippen molar-refractivity contribution < 1.29 is 13.6 Å². The van der Waals surface area contributed by atoms with Crippen molar-refractivity contribution in [2.24, 2.45) is 0 Å². The van der Waals surface area contributed by atoms with Crippen molar-refractivity contribution in [3.63, 3.8) is 0 Å². The molecule has 0 unspecified atom stereocenters. The van der Waals surface area contributed by atoms with Crippen molar-refractivity contribution in [2.45, 2.75) is 0 Å². The van der Waals surface area contributed by atoms with Crippen LogP contribution in [0.2, 0.25) is 0 Å². The van der Waals surface area contributed by atoms with Crippen LogP contribution in [0.15, 0.2) is 54.1 Å². The molecule has 4 heteroatoms. The molecule has 2 aromatic carbocycles. The first-order chi connectivity index (χ1) is 9.63. The van der Waals surface area contributed by atoms with Crippen molar-refractivity contribution >= 4 is 11.9 Å². The largest absolute Gasteiger partial charge is 0.288 e. The highest BCUT2D eigenvalue weighted by Crippen LogP contribution is 2.18. The van der Waals surface area contributed by atoms with Crippen LogP contribution in [0.1, 0.15) is 15.9 Å². The summed E-state index contributed by atoms with van der Waals surface area (Å²) in [6.07, 6.45) is 0.931. The second-order valence-corrected chi connectivity index (χ2v) is 4.00. The lowest BCUT2D eigenvalue weighted by molar-refractivity contribution is 0.104. The van der Waals surface area contributed by atoms with Gasteiger partial charge >= 0.3 is 0 Å². The maximum absolute atomic E-state index is 13.5. The van der Waals surface area contributed by atoms with Crippen LogP contribution in [0.3, 0.4) is 0 Å². The Kier molecular flexibility index (Phi) is 4.02.